The van der Waals surface area contributed by atoms with E-state index in [0.717, 1.165) is 31.4 Å². The van der Waals surface area contributed by atoms with Crippen molar-refractivity contribution in [2.75, 3.05) is 11.9 Å². The minimum Gasteiger partial charge on any atom is -0.507 e. The summed E-state index contributed by atoms with van der Waals surface area (Å²) in [6.07, 6.45) is 4.42. The lowest BCUT2D eigenvalue weighted by molar-refractivity contribution is -0.115. The SMILES string of the molecule is CCCNC(=O)n1nc(-c2cc(NC(=O)CC)ccc2O)cc1C1CCC1. The molecule has 7 nitrogen and oxygen atoms in total. The second-order valence-corrected chi connectivity index (χ2v) is 6.86. The number of aromatic hydroxyl groups is 1. The summed E-state index contributed by atoms with van der Waals surface area (Å²) in [5.41, 5.74) is 2.47. The molecule has 3 N–H and O–H groups in total. The lowest BCUT2D eigenvalue weighted by Gasteiger charge is -2.25. The van der Waals surface area contributed by atoms with Gasteiger partial charge in [-0.3, -0.25) is 4.79 Å². The summed E-state index contributed by atoms with van der Waals surface area (Å²) in [5.74, 6) is 0.262. The molecule has 1 aromatic heterocycles. The van der Waals surface area contributed by atoms with Crippen LogP contribution in [0.1, 0.15) is 57.6 Å². The minimum atomic E-state index is -0.250. The Morgan fingerprint density at radius 1 is 1.26 bits per heavy atom. The van der Waals surface area contributed by atoms with Gasteiger partial charge in [-0.25, -0.2) is 4.79 Å². The first-order valence-corrected chi connectivity index (χ1v) is 9.54. The fraction of sp³-hybridized carbons (Fsp3) is 0.450. The zero-order valence-electron chi connectivity index (χ0n) is 15.8. The number of phenolic OH excluding ortho intramolecular Hbond substituents is 1. The maximum atomic E-state index is 12.5. The number of carbonyl (C=O) groups is 2. The molecule has 2 aromatic rings. The van der Waals surface area contributed by atoms with Crippen LogP contribution in [0.15, 0.2) is 24.3 Å². The minimum absolute atomic E-state index is 0.0586. The first-order valence-electron chi connectivity index (χ1n) is 9.54. The second kappa shape index (κ2) is 8.24. The number of nitrogens with zero attached hydrogens (tertiary/aromatic N) is 2. The zero-order chi connectivity index (χ0) is 19.4. The van der Waals surface area contributed by atoms with Crippen LogP contribution < -0.4 is 10.6 Å². The Morgan fingerprint density at radius 3 is 2.67 bits per heavy atom. The largest absolute Gasteiger partial charge is 0.507 e. The lowest BCUT2D eigenvalue weighted by Crippen LogP contribution is -2.32. The molecule has 2 amide bonds. The molecule has 1 saturated carbocycles. The number of amides is 2. The van der Waals surface area contributed by atoms with Crippen molar-refractivity contribution < 1.29 is 14.7 Å². The van der Waals surface area contributed by atoms with E-state index in [4.69, 9.17) is 0 Å². The molecule has 1 aliphatic carbocycles. The van der Waals surface area contributed by atoms with E-state index >= 15 is 0 Å². The van der Waals surface area contributed by atoms with Gasteiger partial charge in [0.25, 0.3) is 0 Å². The number of benzene rings is 1. The quantitative estimate of drug-likeness (QED) is 0.673. The number of phenols is 1. The van der Waals surface area contributed by atoms with Crippen molar-refractivity contribution in [2.45, 2.75) is 51.9 Å². The number of hydrogen-bond donors (Lipinski definition) is 3. The van der Waals surface area contributed by atoms with Crippen molar-refractivity contribution in [3.8, 4) is 17.0 Å². The number of rotatable bonds is 6. The fourth-order valence-electron chi connectivity index (χ4n) is 3.06. The zero-order valence-corrected chi connectivity index (χ0v) is 15.8. The molecule has 1 heterocycles. The van der Waals surface area contributed by atoms with Crippen LogP contribution in [0.2, 0.25) is 0 Å². The fourth-order valence-corrected chi connectivity index (χ4v) is 3.06. The molecule has 144 valence electrons. The van der Waals surface area contributed by atoms with Crippen LogP contribution in [0.3, 0.4) is 0 Å². The van der Waals surface area contributed by atoms with Crippen LogP contribution in [0, 0.1) is 0 Å². The Morgan fingerprint density at radius 2 is 2.04 bits per heavy atom. The number of anilines is 1. The molecule has 27 heavy (non-hydrogen) atoms. The van der Waals surface area contributed by atoms with E-state index in [1.54, 1.807) is 19.1 Å². The molecule has 0 atom stereocenters. The van der Waals surface area contributed by atoms with Crippen LogP contribution in [0.25, 0.3) is 11.3 Å². The van der Waals surface area contributed by atoms with Crippen LogP contribution in [0.4, 0.5) is 10.5 Å². The summed E-state index contributed by atoms with van der Waals surface area (Å²) in [5, 5.41) is 20.4. The molecule has 1 aromatic carbocycles. The summed E-state index contributed by atoms with van der Waals surface area (Å²) < 4.78 is 1.42. The molecule has 0 aliphatic heterocycles. The smallest absolute Gasteiger partial charge is 0.342 e. The molecule has 0 radical (unpaired) electrons. The molecule has 7 heteroatoms. The van der Waals surface area contributed by atoms with Crippen LogP contribution in [-0.4, -0.2) is 33.4 Å². The average Bonchev–Trinajstić information content (AvgIpc) is 3.04. The van der Waals surface area contributed by atoms with Crippen molar-refractivity contribution in [1.29, 1.82) is 0 Å². The summed E-state index contributed by atoms with van der Waals surface area (Å²) in [4.78, 5) is 24.2. The van der Waals surface area contributed by atoms with E-state index in [9.17, 15) is 14.7 Å². The van der Waals surface area contributed by atoms with Crippen LogP contribution in [-0.2, 0) is 4.79 Å². The monoisotopic (exact) mass is 370 g/mol. The van der Waals surface area contributed by atoms with E-state index in [0.29, 0.717) is 35.8 Å². The van der Waals surface area contributed by atoms with Gasteiger partial charge in [0, 0.05) is 30.1 Å². The molecule has 0 spiro atoms. The van der Waals surface area contributed by atoms with Crippen molar-refractivity contribution in [3.05, 3.63) is 30.0 Å². The molecule has 1 fully saturated rings. The Hall–Kier alpha value is -2.83. The normalized spacial score (nSPS) is 13.9. The van der Waals surface area contributed by atoms with Crippen molar-refractivity contribution in [2.24, 2.45) is 0 Å². The molecular weight excluding hydrogens is 344 g/mol. The van der Waals surface area contributed by atoms with E-state index in [-0.39, 0.29) is 17.7 Å². The van der Waals surface area contributed by atoms with E-state index < -0.39 is 0 Å². The van der Waals surface area contributed by atoms with Crippen LogP contribution in [0.5, 0.6) is 5.75 Å². The Kier molecular flexibility index (Phi) is 5.78. The third kappa shape index (κ3) is 4.13. The van der Waals surface area contributed by atoms with E-state index in [1.165, 1.54) is 10.7 Å². The summed E-state index contributed by atoms with van der Waals surface area (Å²) in [6, 6.07) is 6.48. The highest BCUT2D eigenvalue weighted by Gasteiger charge is 2.27. The molecule has 1 aliphatic rings. The first-order chi connectivity index (χ1) is 13.0. The van der Waals surface area contributed by atoms with Gasteiger partial charge >= 0.3 is 6.03 Å². The van der Waals surface area contributed by atoms with E-state index in [2.05, 4.69) is 15.7 Å². The topological polar surface area (TPSA) is 96.3 Å². The number of hydrogen-bond acceptors (Lipinski definition) is 4. The first kappa shape index (κ1) is 18.9. The van der Waals surface area contributed by atoms with Gasteiger partial charge in [0.05, 0.1) is 11.4 Å². The molecule has 0 saturated heterocycles. The maximum Gasteiger partial charge on any atom is 0.342 e. The summed E-state index contributed by atoms with van der Waals surface area (Å²) >= 11 is 0. The van der Waals surface area contributed by atoms with Gasteiger partial charge in [-0.2, -0.15) is 9.78 Å². The Balaban J connectivity index is 1.96. The molecule has 0 bridgehead atoms. The van der Waals surface area contributed by atoms with Gasteiger partial charge in [0.1, 0.15) is 5.75 Å². The summed E-state index contributed by atoms with van der Waals surface area (Å²) in [6.45, 7) is 4.36. The van der Waals surface area contributed by atoms with Crippen molar-refractivity contribution in [3.63, 3.8) is 0 Å². The molecule has 3 rings (SSSR count). The molecular formula is C20H26N4O3. The van der Waals surface area contributed by atoms with Gasteiger partial charge in [-0.15, -0.1) is 0 Å². The second-order valence-electron chi connectivity index (χ2n) is 6.86. The number of nitrogens with one attached hydrogen (secondary N) is 2. The van der Waals surface area contributed by atoms with Gasteiger partial charge in [0.15, 0.2) is 0 Å². The highest BCUT2D eigenvalue weighted by Crippen LogP contribution is 2.39. The maximum absolute atomic E-state index is 12.5. The number of carbonyl (C=O) groups excluding carboxylic acids is 2. The third-order valence-corrected chi connectivity index (χ3v) is 4.86. The van der Waals surface area contributed by atoms with Gasteiger partial charge in [-0.05, 0) is 43.5 Å². The van der Waals surface area contributed by atoms with Crippen molar-refractivity contribution in [1.82, 2.24) is 15.1 Å². The van der Waals surface area contributed by atoms with Gasteiger partial charge < -0.3 is 15.7 Å². The van der Waals surface area contributed by atoms with Crippen molar-refractivity contribution >= 4 is 17.6 Å². The Bertz CT molecular complexity index is 840. The standard InChI is InChI=1S/C20H26N4O3/c1-3-10-21-20(27)24-17(13-6-5-7-13)12-16(23-24)15-11-14(8-9-18(15)25)22-19(26)4-2/h8-9,11-13,25H,3-7,10H2,1-2H3,(H,21,27)(H,22,26). The highest BCUT2D eigenvalue weighted by molar-refractivity contribution is 5.91. The highest BCUT2D eigenvalue weighted by atomic mass is 16.3. The lowest BCUT2D eigenvalue weighted by atomic mass is 9.82. The average molecular weight is 370 g/mol. The third-order valence-electron chi connectivity index (χ3n) is 4.86. The van der Waals surface area contributed by atoms with Gasteiger partial charge in [-0.1, -0.05) is 20.3 Å². The molecule has 0 unspecified atom stereocenters. The van der Waals surface area contributed by atoms with E-state index in [1.807, 2.05) is 13.0 Å². The predicted molar refractivity (Wildman–Crippen MR) is 104 cm³/mol. The van der Waals surface area contributed by atoms with Crippen LogP contribution >= 0.6 is 0 Å². The predicted octanol–water partition coefficient (Wildman–Crippen LogP) is 3.84. The van der Waals surface area contributed by atoms with Gasteiger partial charge in [0.2, 0.25) is 5.91 Å². The summed E-state index contributed by atoms with van der Waals surface area (Å²) in [7, 11) is 0. The number of aromatic nitrogens is 2. The Labute approximate surface area is 158 Å².